The van der Waals surface area contributed by atoms with Crippen LogP contribution < -0.4 is 0 Å². The number of benzene rings is 2. The van der Waals surface area contributed by atoms with E-state index in [1.807, 2.05) is 59.8 Å². The summed E-state index contributed by atoms with van der Waals surface area (Å²) in [6, 6.07) is 20.1. The topological polar surface area (TPSA) is 69.3 Å². The van der Waals surface area contributed by atoms with Crippen LogP contribution in [0, 0.1) is 0 Å². The van der Waals surface area contributed by atoms with Crippen molar-refractivity contribution >= 4 is 22.8 Å². The van der Waals surface area contributed by atoms with Gasteiger partial charge in [0, 0.05) is 67.6 Å². The molecule has 0 bridgehead atoms. The summed E-state index contributed by atoms with van der Waals surface area (Å²) in [4.78, 5) is 35.8. The highest BCUT2D eigenvalue weighted by molar-refractivity contribution is 5.97. The minimum Gasteiger partial charge on any atom is -0.346 e. The molecular weight excluding hydrogens is 400 g/mol. The first-order valence-corrected chi connectivity index (χ1v) is 10.8. The van der Waals surface area contributed by atoms with Crippen molar-refractivity contribution in [2.75, 3.05) is 26.2 Å². The molecule has 1 N–H and O–H groups in total. The van der Waals surface area contributed by atoms with Crippen molar-refractivity contribution in [3.8, 4) is 22.3 Å². The van der Waals surface area contributed by atoms with Crippen molar-refractivity contribution in [1.29, 1.82) is 0 Å². The molecule has 2 amide bonds. The Balaban J connectivity index is 1.37. The predicted octanol–water partition coefficient (Wildman–Crippen LogP) is 4.20. The van der Waals surface area contributed by atoms with Crippen molar-refractivity contribution in [3.05, 3.63) is 78.6 Å². The van der Waals surface area contributed by atoms with Crippen LogP contribution in [0.4, 0.5) is 0 Å². The number of amides is 2. The van der Waals surface area contributed by atoms with Gasteiger partial charge in [-0.25, -0.2) is 4.98 Å². The molecule has 6 nitrogen and oxygen atoms in total. The van der Waals surface area contributed by atoms with Gasteiger partial charge in [-0.15, -0.1) is 0 Å². The second-order valence-corrected chi connectivity index (χ2v) is 8.06. The van der Waals surface area contributed by atoms with E-state index < -0.39 is 0 Å². The van der Waals surface area contributed by atoms with Crippen LogP contribution in [0.1, 0.15) is 17.3 Å². The van der Waals surface area contributed by atoms with Crippen molar-refractivity contribution in [1.82, 2.24) is 19.8 Å². The summed E-state index contributed by atoms with van der Waals surface area (Å²) in [7, 11) is 0. The maximum Gasteiger partial charge on any atom is 0.253 e. The van der Waals surface area contributed by atoms with Crippen LogP contribution in [0.3, 0.4) is 0 Å². The molecule has 0 atom stereocenters. The van der Waals surface area contributed by atoms with Crippen molar-refractivity contribution in [2.45, 2.75) is 6.92 Å². The molecule has 2 aromatic carbocycles. The van der Waals surface area contributed by atoms with E-state index in [-0.39, 0.29) is 11.8 Å². The number of carbonyl (C=O) groups excluding carboxylic acids is 2. The van der Waals surface area contributed by atoms with Gasteiger partial charge in [0.25, 0.3) is 5.91 Å². The van der Waals surface area contributed by atoms with Crippen LogP contribution in [-0.2, 0) is 4.79 Å². The molecule has 160 valence electrons. The molecule has 1 saturated heterocycles. The third-order valence-electron chi connectivity index (χ3n) is 6.09. The number of nitrogens with zero attached hydrogens (tertiary/aromatic N) is 3. The second kappa shape index (κ2) is 8.30. The molecule has 3 heterocycles. The summed E-state index contributed by atoms with van der Waals surface area (Å²) in [5, 5.41) is 1.07. The first-order valence-electron chi connectivity index (χ1n) is 10.8. The average molecular weight is 425 g/mol. The van der Waals surface area contributed by atoms with E-state index in [1.54, 1.807) is 11.8 Å². The molecule has 0 unspecified atom stereocenters. The van der Waals surface area contributed by atoms with Crippen LogP contribution in [0.2, 0.25) is 0 Å². The number of carbonyl (C=O) groups is 2. The zero-order chi connectivity index (χ0) is 22.1. The highest BCUT2D eigenvalue weighted by Gasteiger charge is 2.23. The number of hydrogen-bond donors (Lipinski definition) is 1. The third kappa shape index (κ3) is 3.75. The van der Waals surface area contributed by atoms with Gasteiger partial charge in [-0.2, -0.15) is 0 Å². The van der Waals surface area contributed by atoms with E-state index in [2.05, 4.69) is 28.2 Å². The van der Waals surface area contributed by atoms with Crippen LogP contribution in [0.5, 0.6) is 0 Å². The molecule has 1 aliphatic rings. The van der Waals surface area contributed by atoms with E-state index in [0.29, 0.717) is 31.7 Å². The number of nitrogens with one attached hydrogen (secondary N) is 1. The number of H-pyrrole nitrogens is 1. The molecule has 4 aromatic rings. The van der Waals surface area contributed by atoms with Crippen molar-refractivity contribution < 1.29 is 9.59 Å². The van der Waals surface area contributed by atoms with E-state index in [4.69, 9.17) is 0 Å². The molecule has 32 heavy (non-hydrogen) atoms. The molecule has 0 radical (unpaired) electrons. The number of aromatic nitrogens is 2. The summed E-state index contributed by atoms with van der Waals surface area (Å²) in [6.07, 6.45) is 3.84. The van der Waals surface area contributed by atoms with Gasteiger partial charge in [0.2, 0.25) is 5.91 Å². The van der Waals surface area contributed by atoms with Crippen LogP contribution in [0.25, 0.3) is 33.3 Å². The Morgan fingerprint density at radius 3 is 2.22 bits per heavy atom. The first-order chi connectivity index (χ1) is 15.6. The summed E-state index contributed by atoms with van der Waals surface area (Å²) < 4.78 is 0. The fourth-order valence-electron chi connectivity index (χ4n) is 4.23. The van der Waals surface area contributed by atoms with E-state index >= 15 is 0 Å². The zero-order valence-electron chi connectivity index (χ0n) is 17.9. The minimum absolute atomic E-state index is 0.00493. The Hall–Kier alpha value is -3.93. The standard InChI is InChI=1S/C26H24N4O2/c1-18(31)29-11-13-30(14-12-29)26(32)21-9-7-19(8-10-21)22-15-23-24(17-28-25(23)27-16-22)20-5-3-2-4-6-20/h2-10,15-17H,11-14H2,1H3,(H,27,28). The third-order valence-corrected chi connectivity index (χ3v) is 6.09. The lowest BCUT2D eigenvalue weighted by Crippen LogP contribution is -2.50. The molecule has 5 rings (SSSR count). The summed E-state index contributed by atoms with van der Waals surface area (Å²) in [5.74, 6) is 0.0650. The van der Waals surface area contributed by atoms with Crippen LogP contribution in [-0.4, -0.2) is 57.8 Å². The largest absolute Gasteiger partial charge is 0.346 e. The van der Waals surface area contributed by atoms with E-state index in [0.717, 1.165) is 33.3 Å². The fraction of sp³-hybridized carbons (Fsp3) is 0.192. The fourth-order valence-corrected chi connectivity index (χ4v) is 4.23. The molecule has 0 aliphatic carbocycles. The highest BCUT2D eigenvalue weighted by atomic mass is 16.2. The number of aromatic amines is 1. The Bertz CT molecular complexity index is 1270. The Morgan fingerprint density at radius 1 is 0.844 bits per heavy atom. The SMILES string of the molecule is CC(=O)N1CCN(C(=O)c2ccc(-c3cnc4[nH]cc(-c5ccccc5)c4c3)cc2)CC1. The predicted molar refractivity (Wildman–Crippen MR) is 125 cm³/mol. The molecule has 2 aromatic heterocycles. The number of pyridine rings is 1. The van der Waals surface area contributed by atoms with Gasteiger partial charge in [0.15, 0.2) is 0 Å². The second-order valence-electron chi connectivity index (χ2n) is 8.06. The Kier molecular flexibility index (Phi) is 5.19. The highest BCUT2D eigenvalue weighted by Crippen LogP contribution is 2.31. The van der Waals surface area contributed by atoms with Crippen LogP contribution in [0.15, 0.2) is 73.1 Å². The van der Waals surface area contributed by atoms with Crippen molar-refractivity contribution in [2.24, 2.45) is 0 Å². The van der Waals surface area contributed by atoms with Gasteiger partial charge >= 0.3 is 0 Å². The van der Waals surface area contributed by atoms with Gasteiger partial charge < -0.3 is 14.8 Å². The molecular formula is C26H24N4O2. The van der Waals surface area contributed by atoms with E-state index in [9.17, 15) is 9.59 Å². The Morgan fingerprint density at radius 2 is 1.53 bits per heavy atom. The smallest absolute Gasteiger partial charge is 0.253 e. The average Bonchev–Trinajstić information content (AvgIpc) is 3.27. The molecule has 0 spiro atoms. The molecule has 1 aliphatic heterocycles. The number of fused-ring (bicyclic) bond motifs is 1. The molecule has 6 heteroatoms. The quantitative estimate of drug-likeness (QED) is 0.536. The lowest BCUT2D eigenvalue weighted by atomic mass is 10.0. The van der Waals surface area contributed by atoms with Crippen LogP contribution >= 0.6 is 0 Å². The van der Waals surface area contributed by atoms with Gasteiger partial charge in [-0.1, -0.05) is 42.5 Å². The van der Waals surface area contributed by atoms with Gasteiger partial charge in [-0.05, 0) is 29.3 Å². The summed E-state index contributed by atoms with van der Waals surface area (Å²) >= 11 is 0. The van der Waals surface area contributed by atoms with Crippen molar-refractivity contribution in [3.63, 3.8) is 0 Å². The monoisotopic (exact) mass is 424 g/mol. The number of rotatable bonds is 3. The van der Waals surface area contributed by atoms with Gasteiger partial charge in [0.1, 0.15) is 5.65 Å². The minimum atomic E-state index is 0.00493. The maximum atomic E-state index is 12.9. The maximum absolute atomic E-state index is 12.9. The number of piperazine rings is 1. The normalized spacial score (nSPS) is 14.0. The lowest BCUT2D eigenvalue weighted by Gasteiger charge is -2.34. The molecule has 0 saturated carbocycles. The van der Waals surface area contributed by atoms with E-state index in [1.165, 1.54) is 0 Å². The number of hydrogen-bond acceptors (Lipinski definition) is 3. The first kappa shape index (κ1) is 20.0. The summed E-state index contributed by atoms with van der Waals surface area (Å²) in [6.45, 7) is 3.88. The zero-order valence-corrected chi connectivity index (χ0v) is 17.9. The lowest BCUT2D eigenvalue weighted by molar-refractivity contribution is -0.130. The van der Waals surface area contributed by atoms with Gasteiger partial charge in [0.05, 0.1) is 0 Å². The Labute approximate surface area is 186 Å². The van der Waals surface area contributed by atoms with Gasteiger partial charge in [-0.3, -0.25) is 9.59 Å². The summed E-state index contributed by atoms with van der Waals surface area (Å²) in [5.41, 5.74) is 5.78. The molecule has 1 fully saturated rings.